The number of nitrogens with zero attached hydrogens (tertiary/aromatic N) is 1. The van der Waals surface area contributed by atoms with E-state index in [-0.39, 0.29) is 6.04 Å². The second-order valence-corrected chi connectivity index (χ2v) is 4.75. The first-order chi connectivity index (χ1) is 8.78. The maximum absolute atomic E-state index is 8.93. The molecule has 2 aromatic rings. The summed E-state index contributed by atoms with van der Waals surface area (Å²) < 4.78 is 0. The number of hydrogen-bond donors (Lipinski definition) is 1. The zero-order valence-corrected chi connectivity index (χ0v) is 10.1. The van der Waals surface area contributed by atoms with E-state index in [2.05, 4.69) is 24.3 Å². The molecule has 0 bridgehead atoms. The third kappa shape index (κ3) is 1.79. The van der Waals surface area contributed by atoms with Crippen LogP contribution in [0.1, 0.15) is 29.2 Å². The van der Waals surface area contributed by atoms with Crippen LogP contribution in [-0.2, 0) is 6.42 Å². The van der Waals surface area contributed by atoms with E-state index >= 15 is 0 Å². The van der Waals surface area contributed by atoms with Crippen molar-refractivity contribution in [2.75, 3.05) is 0 Å². The second-order valence-electron chi connectivity index (χ2n) is 4.75. The molecule has 2 heteroatoms. The van der Waals surface area contributed by atoms with Gasteiger partial charge in [0.1, 0.15) is 0 Å². The van der Waals surface area contributed by atoms with Gasteiger partial charge in [-0.3, -0.25) is 0 Å². The van der Waals surface area contributed by atoms with E-state index in [4.69, 9.17) is 11.0 Å². The number of benzene rings is 2. The van der Waals surface area contributed by atoms with Gasteiger partial charge in [-0.2, -0.15) is 5.26 Å². The molecule has 1 unspecified atom stereocenters. The van der Waals surface area contributed by atoms with E-state index in [9.17, 15) is 0 Å². The summed E-state index contributed by atoms with van der Waals surface area (Å²) in [5, 5.41) is 8.93. The minimum absolute atomic E-state index is 0.194. The van der Waals surface area contributed by atoms with Gasteiger partial charge in [0.25, 0.3) is 0 Å². The maximum Gasteiger partial charge on any atom is 0.0991 e. The van der Waals surface area contributed by atoms with E-state index in [0.717, 1.165) is 18.4 Å². The van der Waals surface area contributed by atoms with Crippen LogP contribution in [0.5, 0.6) is 0 Å². The zero-order valence-electron chi connectivity index (χ0n) is 10.1. The maximum atomic E-state index is 8.93. The molecule has 0 saturated heterocycles. The summed E-state index contributed by atoms with van der Waals surface area (Å²) in [5.74, 6) is 0. The van der Waals surface area contributed by atoms with Crippen molar-refractivity contribution in [3.8, 4) is 17.2 Å². The molecule has 0 spiro atoms. The topological polar surface area (TPSA) is 49.8 Å². The summed E-state index contributed by atoms with van der Waals surface area (Å²) >= 11 is 0. The predicted molar refractivity (Wildman–Crippen MR) is 71.8 cm³/mol. The average Bonchev–Trinajstić information content (AvgIpc) is 2.80. The Morgan fingerprint density at radius 3 is 2.78 bits per heavy atom. The molecule has 0 saturated carbocycles. The van der Waals surface area contributed by atoms with Crippen molar-refractivity contribution in [1.82, 2.24) is 0 Å². The van der Waals surface area contributed by atoms with E-state index in [1.807, 2.05) is 24.3 Å². The van der Waals surface area contributed by atoms with Crippen molar-refractivity contribution in [1.29, 1.82) is 5.26 Å². The Labute approximate surface area is 107 Å². The standard InChI is InChI=1S/C16H14N2/c17-10-11-2-1-3-12(8-11)13-4-6-15-14(9-13)5-7-16(15)18/h1-4,6,8-9,16H,5,7,18H2. The van der Waals surface area contributed by atoms with Crippen LogP contribution in [-0.4, -0.2) is 0 Å². The quantitative estimate of drug-likeness (QED) is 0.823. The number of aryl methyl sites for hydroxylation is 1. The minimum atomic E-state index is 0.194. The lowest BCUT2D eigenvalue weighted by atomic mass is 9.99. The molecule has 1 aliphatic carbocycles. The number of fused-ring (bicyclic) bond motifs is 1. The lowest BCUT2D eigenvalue weighted by molar-refractivity contribution is 0.713. The van der Waals surface area contributed by atoms with Crippen molar-refractivity contribution in [2.45, 2.75) is 18.9 Å². The molecule has 2 nitrogen and oxygen atoms in total. The molecule has 0 heterocycles. The highest BCUT2D eigenvalue weighted by atomic mass is 14.6. The Morgan fingerprint density at radius 1 is 1.11 bits per heavy atom. The van der Waals surface area contributed by atoms with Gasteiger partial charge in [0.05, 0.1) is 11.6 Å². The Balaban J connectivity index is 2.05. The normalized spacial score (nSPS) is 17.2. The third-order valence-corrected chi connectivity index (χ3v) is 3.59. The van der Waals surface area contributed by atoms with Crippen LogP contribution in [0.2, 0.25) is 0 Å². The van der Waals surface area contributed by atoms with Gasteiger partial charge in [-0.1, -0.05) is 30.3 Å². The summed E-state index contributed by atoms with van der Waals surface area (Å²) in [7, 11) is 0. The number of nitrogens with two attached hydrogens (primary N) is 1. The summed E-state index contributed by atoms with van der Waals surface area (Å²) in [5.41, 5.74) is 11.6. The van der Waals surface area contributed by atoms with Crippen LogP contribution in [0.25, 0.3) is 11.1 Å². The average molecular weight is 234 g/mol. The highest BCUT2D eigenvalue weighted by Crippen LogP contribution is 2.32. The Bertz CT molecular complexity index is 638. The van der Waals surface area contributed by atoms with Crippen LogP contribution in [0, 0.1) is 11.3 Å². The lowest BCUT2D eigenvalue weighted by Gasteiger charge is -2.07. The SMILES string of the molecule is N#Cc1cccc(-c2ccc3c(c2)CCC3N)c1. The molecule has 0 amide bonds. The molecule has 1 atom stereocenters. The molecule has 0 radical (unpaired) electrons. The van der Waals surface area contributed by atoms with Crippen LogP contribution in [0.3, 0.4) is 0 Å². The van der Waals surface area contributed by atoms with Gasteiger partial charge in [0, 0.05) is 6.04 Å². The van der Waals surface area contributed by atoms with Crippen molar-refractivity contribution in [3.05, 3.63) is 59.2 Å². The van der Waals surface area contributed by atoms with Gasteiger partial charge in [0.15, 0.2) is 0 Å². The summed E-state index contributed by atoms with van der Waals surface area (Å²) in [4.78, 5) is 0. The van der Waals surface area contributed by atoms with E-state index in [1.165, 1.54) is 16.7 Å². The zero-order chi connectivity index (χ0) is 12.5. The highest BCUT2D eigenvalue weighted by molar-refractivity contribution is 5.67. The van der Waals surface area contributed by atoms with Gasteiger partial charge in [-0.15, -0.1) is 0 Å². The molecule has 3 rings (SSSR count). The molecule has 1 aliphatic rings. The number of rotatable bonds is 1. The smallest absolute Gasteiger partial charge is 0.0991 e. The fourth-order valence-corrected chi connectivity index (χ4v) is 2.60. The monoisotopic (exact) mass is 234 g/mol. The van der Waals surface area contributed by atoms with Crippen molar-refractivity contribution in [2.24, 2.45) is 5.73 Å². The molecule has 0 aliphatic heterocycles. The fraction of sp³-hybridized carbons (Fsp3) is 0.188. The molecule has 2 N–H and O–H groups in total. The molecular formula is C16H14N2. The van der Waals surface area contributed by atoms with Crippen molar-refractivity contribution in [3.63, 3.8) is 0 Å². The molecule has 18 heavy (non-hydrogen) atoms. The Morgan fingerprint density at radius 2 is 1.94 bits per heavy atom. The largest absolute Gasteiger partial charge is 0.324 e. The molecular weight excluding hydrogens is 220 g/mol. The molecule has 2 aromatic carbocycles. The fourth-order valence-electron chi connectivity index (χ4n) is 2.60. The summed E-state index contributed by atoms with van der Waals surface area (Å²) in [6.45, 7) is 0. The van der Waals surface area contributed by atoms with E-state index in [0.29, 0.717) is 5.56 Å². The Kier molecular flexibility index (Phi) is 2.62. The molecule has 0 aromatic heterocycles. The molecule has 0 fully saturated rings. The third-order valence-electron chi connectivity index (χ3n) is 3.59. The van der Waals surface area contributed by atoms with Crippen LogP contribution in [0.4, 0.5) is 0 Å². The number of nitriles is 1. The van der Waals surface area contributed by atoms with Crippen LogP contribution in [0.15, 0.2) is 42.5 Å². The second kappa shape index (κ2) is 4.29. The van der Waals surface area contributed by atoms with Crippen molar-refractivity contribution < 1.29 is 0 Å². The van der Waals surface area contributed by atoms with Gasteiger partial charge in [-0.05, 0) is 47.2 Å². The van der Waals surface area contributed by atoms with E-state index < -0.39 is 0 Å². The van der Waals surface area contributed by atoms with Gasteiger partial charge in [0.2, 0.25) is 0 Å². The number of hydrogen-bond acceptors (Lipinski definition) is 2. The van der Waals surface area contributed by atoms with Gasteiger partial charge >= 0.3 is 0 Å². The van der Waals surface area contributed by atoms with Crippen molar-refractivity contribution >= 4 is 0 Å². The molecule has 88 valence electrons. The van der Waals surface area contributed by atoms with Crippen LogP contribution >= 0.6 is 0 Å². The first-order valence-electron chi connectivity index (χ1n) is 6.17. The summed E-state index contributed by atoms with van der Waals surface area (Å²) in [6.07, 6.45) is 2.10. The van der Waals surface area contributed by atoms with Crippen LogP contribution < -0.4 is 5.73 Å². The minimum Gasteiger partial charge on any atom is -0.324 e. The highest BCUT2D eigenvalue weighted by Gasteiger charge is 2.18. The summed E-state index contributed by atoms with van der Waals surface area (Å²) in [6, 6.07) is 16.5. The first kappa shape index (κ1) is 11.0. The lowest BCUT2D eigenvalue weighted by Crippen LogP contribution is -2.04. The Hall–Kier alpha value is -2.11. The van der Waals surface area contributed by atoms with Gasteiger partial charge < -0.3 is 5.73 Å². The van der Waals surface area contributed by atoms with E-state index in [1.54, 1.807) is 0 Å². The first-order valence-corrected chi connectivity index (χ1v) is 6.17. The van der Waals surface area contributed by atoms with Gasteiger partial charge in [-0.25, -0.2) is 0 Å². The predicted octanol–water partition coefficient (Wildman–Crippen LogP) is 3.17.